The number of aliphatic hydroxyl groups is 1. The summed E-state index contributed by atoms with van der Waals surface area (Å²) in [4.78, 5) is 24.5. The van der Waals surface area contributed by atoms with Gasteiger partial charge in [0.05, 0.1) is 6.61 Å². The van der Waals surface area contributed by atoms with Crippen LogP contribution in [-0.4, -0.2) is 23.3 Å². The first-order valence-corrected chi connectivity index (χ1v) is 9.31. The second-order valence-corrected chi connectivity index (χ2v) is 8.77. The Bertz CT molecular complexity index is 592. The van der Waals surface area contributed by atoms with Gasteiger partial charge in [0.25, 0.3) is 0 Å². The fourth-order valence-electron chi connectivity index (χ4n) is 6.89. The molecule has 23 heavy (non-hydrogen) atoms. The molecule has 3 heteroatoms. The fraction of sp³-hybridized carbons (Fsp3) is 0.800. The van der Waals surface area contributed by atoms with Crippen molar-refractivity contribution in [2.45, 2.75) is 58.8 Å². The third-order valence-electron chi connectivity index (χ3n) is 8.14. The summed E-state index contributed by atoms with van der Waals surface area (Å²) >= 11 is 0. The molecule has 4 rings (SSSR count). The zero-order valence-corrected chi connectivity index (χ0v) is 14.3. The van der Waals surface area contributed by atoms with Gasteiger partial charge in [-0.3, -0.25) is 9.59 Å². The van der Waals surface area contributed by atoms with E-state index in [0.717, 1.165) is 38.5 Å². The lowest BCUT2D eigenvalue weighted by molar-refractivity contribution is -0.136. The van der Waals surface area contributed by atoms with Gasteiger partial charge in [0.1, 0.15) is 5.78 Å². The van der Waals surface area contributed by atoms with Crippen molar-refractivity contribution < 1.29 is 14.7 Å². The van der Waals surface area contributed by atoms with Crippen LogP contribution in [0.5, 0.6) is 0 Å². The van der Waals surface area contributed by atoms with E-state index in [4.69, 9.17) is 0 Å². The Kier molecular flexibility index (Phi) is 3.39. The number of Topliss-reactive ketones (excluding diaryl/α,β-unsaturated/α-hetero) is 1. The molecule has 3 saturated carbocycles. The van der Waals surface area contributed by atoms with E-state index < -0.39 is 0 Å². The Morgan fingerprint density at radius 2 is 1.96 bits per heavy atom. The van der Waals surface area contributed by atoms with Gasteiger partial charge in [-0.2, -0.15) is 0 Å². The molecule has 0 heterocycles. The van der Waals surface area contributed by atoms with Crippen molar-refractivity contribution in [1.82, 2.24) is 0 Å². The summed E-state index contributed by atoms with van der Waals surface area (Å²) in [5.74, 6) is 2.39. The molecule has 0 unspecified atom stereocenters. The molecule has 126 valence electrons. The number of ketones is 2. The van der Waals surface area contributed by atoms with E-state index in [2.05, 4.69) is 13.8 Å². The Hall–Kier alpha value is -0.960. The SMILES string of the molecule is C[C@@H]1CC(=O)C=C2CC[C@@H]3[C@H](CC[C@]4(C)C(=O)CC[C@@H]34)[C@]21CO. The molecule has 3 fully saturated rings. The monoisotopic (exact) mass is 316 g/mol. The molecular formula is C20H28O3. The van der Waals surface area contributed by atoms with E-state index in [9.17, 15) is 14.7 Å². The minimum Gasteiger partial charge on any atom is -0.395 e. The molecule has 1 N–H and O–H groups in total. The molecule has 0 aliphatic heterocycles. The lowest BCUT2D eigenvalue weighted by atomic mass is 9.45. The van der Waals surface area contributed by atoms with Crippen molar-refractivity contribution in [3.8, 4) is 0 Å². The van der Waals surface area contributed by atoms with Gasteiger partial charge in [-0.15, -0.1) is 0 Å². The molecule has 3 nitrogen and oxygen atoms in total. The molecule has 4 aliphatic carbocycles. The van der Waals surface area contributed by atoms with Crippen LogP contribution in [0.25, 0.3) is 0 Å². The molecule has 6 atom stereocenters. The summed E-state index contributed by atoms with van der Waals surface area (Å²) < 4.78 is 0. The van der Waals surface area contributed by atoms with Crippen LogP contribution in [-0.2, 0) is 9.59 Å². The summed E-state index contributed by atoms with van der Waals surface area (Å²) in [6.07, 6.45) is 8.20. The number of carbonyl (C=O) groups excluding carboxylic acids is 2. The van der Waals surface area contributed by atoms with Crippen LogP contribution in [0.3, 0.4) is 0 Å². The second kappa shape index (κ2) is 5.02. The van der Waals surface area contributed by atoms with Gasteiger partial charge < -0.3 is 5.11 Å². The molecule has 0 aromatic rings. The second-order valence-electron chi connectivity index (χ2n) is 8.77. The molecule has 0 bridgehead atoms. The van der Waals surface area contributed by atoms with Crippen molar-refractivity contribution in [2.75, 3.05) is 6.61 Å². The molecule has 0 aromatic heterocycles. The summed E-state index contributed by atoms with van der Waals surface area (Å²) in [7, 11) is 0. The maximum Gasteiger partial charge on any atom is 0.155 e. The van der Waals surface area contributed by atoms with Gasteiger partial charge in [0.15, 0.2) is 5.78 Å². The molecule has 0 saturated heterocycles. The predicted octanol–water partition coefficient (Wildman–Crippen LogP) is 3.31. The van der Waals surface area contributed by atoms with Gasteiger partial charge in [0.2, 0.25) is 0 Å². The first-order valence-electron chi connectivity index (χ1n) is 9.31. The lowest BCUT2D eigenvalue weighted by Crippen LogP contribution is -2.55. The average molecular weight is 316 g/mol. The number of fused-ring (bicyclic) bond motifs is 5. The van der Waals surface area contributed by atoms with E-state index in [-0.39, 0.29) is 29.1 Å². The lowest BCUT2D eigenvalue weighted by Gasteiger charge is -2.59. The number of hydrogen-bond acceptors (Lipinski definition) is 3. The maximum atomic E-state index is 12.4. The van der Waals surface area contributed by atoms with E-state index in [1.807, 2.05) is 6.08 Å². The summed E-state index contributed by atoms with van der Waals surface area (Å²) in [5, 5.41) is 10.4. The Labute approximate surface area is 138 Å². The quantitative estimate of drug-likeness (QED) is 0.807. The van der Waals surface area contributed by atoms with E-state index in [1.54, 1.807) is 0 Å². The Balaban J connectivity index is 1.76. The van der Waals surface area contributed by atoms with Crippen molar-refractivity contribution in [3.05, 3.63) is 11.6 Å². The zero-order chi connectivity index (χ0) is 16.4. The van der Waals surface area contributed by atoms with Gasteiger partial charge >= 0.3 is 0 Å². The fourth-order valence-corrected chi connectivity index (χ4v) is 6.89. The summed E-state index contributed by atoms with van der Waals surface area (Å²) in [6.45, 7) is 4.50. The Morgan fingerprint density at radius 3 is 2.70 bits per heavy atom. The first kappa shape index (κ1) is 15.6. The van der Waals surface area contributed by atoms with Crippen molar-refractivity contribution in [1.29, 1.82) is 0 Å². The van der Waals surface area contributed by atoms with E-state index in [0.29, 0.717) is 30.0 Å². The van der Waals surface area contributed by atoms with Crippen LogP contribution in [0.4, 0.5) is 0 Å². The standard InChI is InChI=1S/C20H28O3/c1-12-9-14(22)10-13-3-4-15-16-5-6-18(23)19(16,2)8-7-17(15)20(12,13)11-21/h10,12,15-17,21H,3-9,11H2,1-2H3/t12-,15+,16+,17+,19+,20+/m1/s1. The number of hydrogen-bond donors (Lipinski definition) is 1. The summed E-state index contributed by atoms with van der Waals surface area (Å²) in [5.41, 5.74) is 0.884. The van der Waals surface area contributed by atoms with E-state index in [1.165, 1.54) is 5.57 Å². The molecule has 4 aliphatic rings. The highest BCUT2D eigenvalue weighted by atomic mass is 16.3. The number of rotatable bonds is 1. The van der Waals surface area contributed by atoms with Crippen LogP contribution in [0, 0.1) is 34.5 Å². The normalized spacial score (nSPS) is 49.3. The maximum absolute atomic E-state index is 12.4. The van der Waals surface area contributed by atoms with Gasteiger partial charge in [-0.25, -0.2) is 0 Å². The minimum atomic E-state index is -0.205. The molecule has 0 spiro atoms. The summed E-state index contributed by atoms with van der Waals surface area (Å²) in [6, 6.07) is 0. The smallest absolute Gasteiger partial charge is 0.155 e. The van der Waals surface area contributed by atoms with Crippen LogP contribution >= 0.6 is 0 Å². The highest BCUT2D eigenvalue weighted by molar-refractivity contribution is 5.92. The minimum absolute atomic E-state index is 0.118. The predicted molar refractivity (Wildman–Crippen MR) is 87.7 cm³/mol. The highest BCUT2D eigenvalue weighted by Crippen LogP contribution is 2.65. The van der Waals surface area contributed by atoms with E-state index >= 15 is 0 Å². The van der Waals surface area contributed by atoms with Gasteiger partial charge in [0, 0.05) is 23.7 Å². The third-order valence-corrected chi connectivity index (χ3v) is 8.14. The highest BCUT2D eigenvalue weighted by Gasteiger charge is 2.61. The number of aliphatic hydroxyl groups excluding tert-OH is 1. The third kappa shape index (κ3) is 1.86. The van der Waals surface area contributed by atoms with Crippen LogP contribution in [0.1, 0.15) is 58.8 Å². The van der Waals surface area contributed by atoms with Crippen LogP contribution in [0.2, 0.25) is 0 Å². The largest absolute Gasteiger partial charge is 0.395 e. The molecule has 0 radical (unpaired) electrons. The average Bonchev–Trinajstić information content (AvgIpc) is 2.82. The van der Waals surface area contributed by atoms with Gasteiger partial charge in [-0.1, -0.05) is 19.4 Å². The zero-order valence-electron chi connectivity index (χ0n) is 14.3. The van der Waals surface area contributed by atoms with Crippen LogP contribution < -0.4 is 0 Å². The first-order chi connectivity index (χ1) is 10.9. The topological polar surface area (TPSA) is 54.4 Å². The van der Waals surface area contributed by atoms with Gasteiger partial charge in [-0.05, 0) is 61.9 Å². The number of carbonyl (C=O) groups is 2. The molecule has 0 aromatic carbocycles. The van der Waals surface area contributed by atoms with Crippen molar-refractivity contribution >= 4 is 11.6 Å². The molecular weight excluding hydrogens is 288 g/mol. The molecule has 0 amide bonds. The van der Waals surface area contributed by atoms with Crippen molar-refractivity contribution in [2.24, 2.45) is 34.5 Å². The Morgan fingerprint density at radius 1 is 1.17 bits per heavy atom. The van der Waals surface area contributed by atoms with Crippen molar-refractivity contribution in [3.63, 3.8) is 0 Å². The van der Waals surface area contributed by atoms with Crippen LogP contribution in [0.15, 0.2) is 11.6 Å².